The van der Waals surface area contributed by atoms with Crippen molar-refractivity contribution < 1.29 is 14.4 Å². The van der Waals surface area contributed by atoms with E-state index in [0.717, 1.165) is 16.8 Å². The van der Waals surface area contributed by atoms with Crippen molar-refractivity contribution in [1.29, 1.82) is 0 Å². The maximum atomic E-state index is 13.0. The van der Waals surface area contributed by atoms with Crippen LogP contribution in [-0.2, 0) is 9.59 Å². The highest BCUT2D eigenvalue weighted by Gasteiger charge is 2.35. The van der Waals surface area contributed by atoms with Crippen LogP contribution in [0.2, 0.25) is 0 Å². The number of nitrogens with zero attached hydrogens (tertiary/aromatic N) is 1. The van der Waals surface area contributed by atoms with E-state index < -0.39 is 5.92 Å². The molecule has 0 saturated carbocycles. The molecule has 0 radical (unpaired) electrons. The fourth-order valence-electron chi connectivity index (χ4n) is 4.11. The van der Waals surface area contributed by atoms with Gasteiger partial charge in [0.1, 0.15) is 0 Å². The molecule has 0 aliphatic carbocycles. The maximum absolute atomic E-state index is 13.0. The predicted octanol–water partition coefficient (Wildman–Crippen LogP) is 5.36. The lowest BCUT2D eigenvalue weighted by Crippen LogP contribution is -2.28. The summed E-state index contributed by atoms with van der Waals surface area (Å²) in [5.74, 6) is -0.563. The van der Waals surface area contributed by atoms with Gasteiger partial charge in [0.2, 0.25) is 11.8 Å². The third-order valence-electron chi connectivity index (χ3n) is 6.22. The number of nitrogens with one attached hydrogen (secondary N) is 2. The van der Waals surface area contributed by atoms with Crippen LogP contribution in [0, 0.1) is 12.8 Å². The molecule has 174 valence electrons. The number of carbonyl (C=O) groups is 3. The largest absolute Gasteiger partial charge is 0.325 e. The molecule has 1 heterocycles. The topological polar surface area (TPSA) is 78.5 Å². The number of amides is 3. The lowest BCUT2D eigenvalue weighted by Gasteiger charge is -2.19. The molecule has 4 rings (SSSR count). The zero-order valence-corrected chi connectivity index (χ0v) is 19.7. The van der Waals surface area contributed by atoms with Crippen molar-refractivity contribution in [1.82, 2.24) is 0 Å². The Morgan fingerprint density at radius 2 is 1.59 bits per heavy atom. The van der Waals surface area contributed by atoms with E-state index in [1.54, 1.807) is 35.2 Å². The van der Waals surface area contributed by atoms with E-state index in [4.69, 9.17) is 0 Å². The molecule has 1 saturated heterocycles. The Labute approximate surface area is 200 Å². The molecule has 1 aliphatic heterocycles. The van der Waals surface area contributed by atoms with Gasteiger partial charge in [0.05, 0.1) is 5.92 Å². The third-order valence-corrected chi connectivity index (χ3v) is 6.22. The van der Waals surface area contributed by atoms with Gasteiger partial charge in [-0.2, -0.15) is 0 Å². The van der Waals surface area contributed by atoms with Gasteiger partial charge in [-0.25, -0.2) is 0 Å². The van der Waals surface area contributed by atoms with Gasteiger partial charge in [-0.1, -0.05) is 50.2 Å². The summed E-state index contributed by atoms with van der Waals surface area (Å²) < 4.78 is 0. The molecule has 3 aromatic carbocycles. The summed E-state index contributed by atoms with van der Waals surface area (Å²) in [6.07, 6.45) is 0.168. The van der Waals surface area contributed by atoms with Crippen molar-refractivity contribution in [2.24, 2.45) is 5.92 Å². The molecular formula is C28H29N3O3. The van der Waals surface area contributed by atoms with Crippen molar-refractivity contribution in [3.63, 3.8) is 0 Å². The molecule has 1 atom stereocenters. The molecule has 34 heavy (non-hydrogen) atoms. The van der Waals surface area contributed by atoms with Gasteiger partial charge in [-0.15, -0.1) is 0 Å². The second-order valence-electron chi connectivity index (χ2n) is 8.94. The molecule has 0 aromatic heterocycles. The first kappa shape index (κ1) is 23.2. The van der Waals surface area contributed by atoms with E-state index in [2.05, 4.69) is 24.5 Å². The van der Waals surface area contributed by atoms with Gasteiger partial charge in [0.15, 0.2) is 0 Å². The number of anilines is 3. The van der Waals surface area contributed by atoms with E-state index in [1.165, 1.54) is 0 Å². The normalized spacial score (nSPS) is 15.5. The summed E-state index contributed by atoms with van der Waals surface area (Å²) in [6.45, 7) is 6.41. The van der Waals surface area contributed by atoms with Gasteiger partial charge in [0.25, 0.3) is 5.91 Å². The third kappa shape index (κ3) is 5.01. The van der Waals surface area contributed by atoms with Crippen molar-refractivity contribution in [3.05, 3.63) is 89.5 Å². The quantitative estimate of drug-likeness (QED) is 0.525. The van der Waals surface area contributed by atoms with Crippen LogP contribution in [0.3, 0.4) is 0 Å². The molecule has 3 amide bonds. The van der Waals surface area contributed by atoms with E-state index in [0.29, 0.717) is 29.4 Å². The predicted molar refractivity (Wildman–Crippen MR) is 135 cm³/mol. The van der Waals surface area contributed by atoms with Gasteiger partial charge >= 0.3 is 0 Å². The van der Waals surface area contributed by atoms with Crippen LogP contribution >= 0.6 is 0 Å². The molecule has 1 fully saturated rings. The van der Waals surface area contributed by atoms with Crippen molar-refractivity contribution >= 4 is 34.8 Å². The highest BCUT2D eigenvalue weighted by molar-refractivity contribution is 6.06. The molecule has 6 nitrogen and oxygen atoms in total. The summed E-state index contributed by atoms with van der Waals surface area (Å²) in [5, 5.41) is 5.87. The van der Waals surface area contributed by atoms with Crippen molar-refractivity contribution in [3.8, 4) is 0 Å². The summed E-state index contributed by atoms with van der Waals surface area (Å²) in [5.41, 5.74) is 4.54. The van der Waals surface area contributed by atoms with E-state index in [1.807, 2.05) is 49.4 Å². The van der Waals surface area contributed by atoms with E-state index >= 15 is 0 Å². The van der Waals surface area contributed by atoms with Crippen molar-refractivity contribution in [2.75, 3.05) is 22.1 Å². The fourth-order valence-corrected chi connectivity index (χ4v) is 4.11. The van der Waals surface area contributed by atoms with Crippen LogP contribution in [0.1, 0.15) is 47.7 Å². The first-order chi connectivity index (χ1) is 16.3. The Hall–Kier alpha value is -3.93. The smallest absolute Gasteiger partial charge is 0.255 e. The average Bonchev–Trinajstić information content (AvgIpc) is 3.24. The fraction of sp³-hybridized carbons (Fsp3) is 0.250. The first-order valence-electron chi connectivity index (χ1n) is 11.5. The second kappa shape index (κ2) is 9.91. The molecule has 0 spiro atoms. The Morgan fingerprint density at radius 3 is 2.29 bits per heavy atom. The van der Waals surface area contributed by atoms with Crippen LogP contribution < -0.4 is 15.5 Å². The molecule has 1 aliphatic rings. The average molecular weight is 456 g/mol. The Morgan fingerprint density at radius 1 is 0.912 bits per heavy atom. The lowest BCUT2D eigenvalue weighted by atomic mass is 10.0. The minimum absolute atomic E-state index is 0.0540. The minimum atomic E-state index is -0.447. The molecule has 2 N–H and O–H groups in total. The highest BCUT2D eigenvalue weighted by atomic mass is 16.2. The molecular weight excluding hydrogens is 426 g/mol. The maximum Gasteiger partial charge on any atom is 0.255 e. The minimum Gasteiger partial charge on any atom is -0.325 e. The van der Waals surface area contributed by atoms with E-state index in [-0.39, 0.29) is 24.1 Å². The number of hydrogen-bond acceptors (Lipinski definition) is 3. The van der Waals surface area contributed by atoms with Crippen LogP contribution in [0.4, 0.5) is 17.1 Å². The number of rotatable bonds is 6. The summed E-state index contributed by atoms with van der Waals surface area (Å²) >= 11 is 0. The first-order valence-corrected chi connectivity index (χ1v) is 11.5. The van der Waals surface area contributed by atoms with Gasteiger partial charge in [-0.05, 0) is 60.4 Å². The molecule has 0 bridgehead atoms. The Balaban J connectivity index is 1.45. The SMILES string of the molecule is Cc1c(NC(=O)c2ccccc2)cccc1NC(=O)C1CC(=O)N(c2cccc(C(C)C)c2)C1. The summed E-state index contributed by atoms with van der Waals surface area (Å²) in [7, 11) is 0. The van der Waals surface area contributed by atoms with Crippen molar-refractivity contribution in [2.45, 2.75) is 33.1 Å². The number of benzene rings is 3. The van der Waals surface area contributed by atoms with Crippen LogP contribution in [0.5, 0.6) is 0 Å². The molecule has 1 unspecified atom stereocenters. The number of hydrogen-bond donors (Lipinski definition) is 2. The zero-order chi connectivity index (χ0) is 24.2. The van der Waals surface area contributed by atoms with Gasteiger partial charge in [-0.3, -0.25) is 14.4 Å². The number of carbonyl (C=O) groups excluding carboxylic acids is 3. The molecule has 3 aromatic rings. The van der Waals surface area contributed by atoms with Crippen LogP contribution in [0.15, 0.2) is 72.8 Å². The Bertz CT molecular complexity index is 1220. The lowest BCUT2D eigenvalue weighted by molar-refractivity contribution is -0.122. The second-order valence-corrected chi connectivity index (χ2v) is 8.94. The molecule has 6 heteroatoms. The summed E-state index contributed by atoms with van der Waals surface area (Å²) in [4.78, 5) is 40.0. The Kier molecular flexibility index (Phi) is 6.77. The standard InChI is InChI=1S/C28H29N3O3/c1-18(2)21-11-7-12-23(15-21)31-17-22(16-26(31)32)28(34)30-25-14-8-13-24(19(25)3)29-27(33)20-9-5-4-6-10-20/h4-15,18,22H,16-17H2,1-3H3,(H,29,33)(H,30,34). The van der Waals surface area contributed by atoms with Gasteiger partial charge in [0, 0.05) is 35.6 Å². The van der Waals surface area contributed by atoms with Gasteiger partial charge < -0.3 is 15.5 Å². The van der Waals surface area contributed by atoms with Crippen LogP contribution in [0.25, 0.3) is 0 Å². The zero-order valence-electron chi connectivity index (χ0n) is 19.7. The van der Waals surface area contributed by atoms with Crippen LogP contribution in [-0.4, -0.2) is 24.3 Å². The monoisotopic (exact) mass is 455 g/mol. The summed E-state index contributed by atoms with van der Waals surface area (Å²) in [6, 6.07) is 22.3. The van der Waals surface area contributed by atoms with E-state index in [9.17, 15) is 14.4 Å². The highest BCUT2D eigenvalue weighted by Crippen LogP contribution is 2.30.